The summed E-state index contributed by atoms with van der Waals surface area (Å²) in [6, 6.07) is 3.13. The van der Waals surface area contributed by atoms with E-state index in [4.69, 9.17) is 16.3 Å². The van der Waals surface area contributed by atoms with Crippen LogP contribution in [0, 0.1) is 10.1 Å². The van der Waals surface area contributed by atoms with Crippen LogP contribution >= 0.6 is 11.6 Å². The second-order valence-corrected chi connectivity index (χ2v) is 3.65. The highest BCUT2D eigenvalue weighted by Crippen LogP contribution is 2.32. The second-order valence-electron chi connectivity index (χ2n) is 3.21. The van der Waals surface area contributed by atoms with Crippen LogP contribution in [0.25, 0.3) is 0 Å². The number of nitrogens with one attached hydrogen (secondary N) is 1. The molecule has 0 aromatic heterocycles. The van der Waals surface area contributed by atoms with Gasteiger partial charge in [-0.2, -0.15) is 0 Å². The summed E-state index contributed by atoms with van der Waals surface area (Å²) in [5.74, 6) is 0. The van der Waals surface area contributed by atoms with Crippen molar-refractivity contribution in [2.24, 2.45) is 0 Å². The number of ether oxygens (including phenoxy) is 1. The zero-order valence-corrected chi connectivity index (χ0v) is 9.87. The molecule has 0 amide bonds. The Balaban J connectivity index is 3.21. The number of methoxy groups -OCH3 is 1. The Labute approximate surface area is 98.5 Å². The first-order valence-electron chi connectivity index (χ1n) is 4.73. The van der Waals surface area contributed by atoms with Crippen molar-refractivity contribution in [1.29, 1.82) is 0 Å². The summed E-state index contributed by atoms with van der Waals surface area (Å²) in [4.78, 5) is 10.5. The summed E-state index contributed by atoms with van der Waals surface area (Å²) in [5.41, 5.74) is 1.05. The van der Waals surface area contributed by atoms with Crippen LogP contribution in [0.4, 0.5) is 11.4 Å². The molecule has 5 nitrogen and oxygen atoms in total. The molecular formula is C10H13ClN2O3. The molecule has 0 aliphatic heterocycles. The van der Waals surface area contributed by atoms with Gasteiger partial charge in [-0.3, -0.25) is 10.1 Å². The minimum absolute atomic E-state index is 0.0592. The van der Waals surface area contributed by atoms with Crippen molar-refractivity contribution in [1.82, 2.24) is 0 Å². The van der Waals surface area contributed by atoms with Gasteiger partial charge in [0, 0.05) is 31.2 Å². The maximum atomic E-state index is 11.0. The number of anilines is 1. The van der Waals surface area contributed by atoms with Crippen molar-refractivity contribution in [3.05, 3.63) is 32.8 Å². The van der Waals surface area contributed by atoms with Crippen molar-refractivity contribution in [3.63, 3.8) is 0 Å². The first-order valence-corrected chi connectivity index (χ1v) is 5.11. The summed E-state index contributed by atoms with van der Waals surface area (Å²) in [7, 11) is 3.17. The van der Waals surface area contributed by atoms with Gasteiger partial charge in [0.25, 0.3) is 5.69 Å². The molecule has 16 heavy (non-hydrogen) atoms. The molecule has 1 aromatic carbocycles. The van der Waals surface area contributed by atoms with Gasteiger partial charge in [-0.25, -0.2) is 0 Å². The van der Waals surface area contributed by atoms with Gasteiger partial charge in [0.1, 0.15) is 5.69 Å². The van der Waals surface area contributed by atoms with Crippen LogP contribution in [0.5, 0.6) is 0 Å². The maximum absolute atomic E-state index is 11.0. The molecule has 0 unspecified atom stereocenters. The van der Waals surface area contributed by atoms with Gasteiger partial charge in [-0.05, 0) is 12.1 Å². The van der Waals surface area contributed by atoms with E-state index in [1.54, 1.807) is 20.2 Å². The van der Waals surface area contributed by atoms with Gasteiger partial charge in [0.05, 0.1) is 11.5 Å². The third-order valence-corrected chi connectivity index (χ3v) is 2.40. The van der Waals surface area contributed by atoms with Crippen molar-refractivity contribution < 1.29 is 9.66 Å². The number of hydrogen-bond acceptors (Lipinski definition) is 4. The van der Waals surface area contributed by atoms with Gasteiger partial charge in [-0.15, -0.1) is 0 Å². The highest BCUT2D eigenvalue weighted by molar-refractivity contribution is 6.31. The van der Waals surface area contributed by atoms with Gasteiger partial charge < -0.3 is 10.1 Å². The smallest absolute Gasteiger partial charge is 0.295 e. The summed E-state index contributed by atoms with van der Waals surface area (Å²) >= 11 is 5.88. The van der Waals surface area contributed by atoms with Crippen molar-refractivity contribution in [2.45, 2.75) is 6.42 Å². The number of halogens is 1. The minimum Gasteiger partial charge on any atom is -0.384 e. The van der Waals surface area contributed by atoms with Crippen molar-refractivity contribution in [3.8, 4) is 0 Å². The van der Waals surface area contributed by atoms with Gasteiger partial charge >= 0.3 is 0 Å². The van der Waals surface area contributed by atoms with Crippen LogP contribution in [0.15, 0.2) is 12.1 Å². The van der Waals surface area contributed by atoms with Gasteiger partial charge in [0.15, 0.2) is 0 Å². The van der Waals surface area contributed by atoms with E-state index in [0.717, 1.165) is 0 Å². The third-order valence-electron chi connectivity index (χ3n) is 2.18. The molecule has 0 saturated carbocycles. The largest absolute Gasteiger partial charge is 0.384 e. The number of nitro benzene ring substituents is 1. The third kappa shape index (κ3) is 2.84. The molecule has 1 N–H and O–H groups in total. The molecule has 0 spiro atoms. The zero-order chi connectivity index (χ0) is 12.1. The Morgan fingerprint density at radius 1 is 1.56 bits per heavy atom. The number of hydrogen-bond donors (Lipinski definition) is 1. The number of rotatable bonds is 5. The minimum atomic E-state index is -0.410. The summed E-state index contributed by atoms with van der Waals surface area (Å²) in [5, 5.41) is 14.2. The predicted molar refractivity (Wildman–Crippen MR) is 63.2 cm³/mol. The lowest BCUT2D eigenvalue weighted by atomic mass is 10.1. The standard InChI is InChI=1S/C10H13ClN2O3/c1-12-9-6-8(11)5-7(3-4-16-2)10(9)13(14)15/h5-6,12H,3-4H2,1-2H3. The molecule has 0 radical (unpaired) electrons. The van der Waals surface area contributed by atoms with E-state index in [0.29, 0.717) is 29.3 Å². The summed E-state index contributed by atoms with van der Waals surface area (Å²) < 4.78 is 4.91. The zero-order valence-electron chi connectivity index (χ0n) is 9.12. The molecule has 88 valence electrons. The summed E-state index contributed by atoms with van der Waals surface area (Å²) in [6.07, 6.45) is 0.460. The number of nitrogens with zero attached hydrogens (tertiary/aromatic N) is 1. The fourth-order valence-electron chi connectivity index (χ4n) is 1.46. The Kier molecular flexibility index (Phi) is 4.52. The molecule has 0 aliphatic carbocycles. The lowest BCUT2D eigenvalue weighted by Crippen LogP contribution is -2.03. The molecule has 1 rings (SSSR count). The summed E-state index contributed by atoms with van der Waals surface area (Å²) in [6.45, 7) is 0.421. The molecular weight excluding hydrogens is 232 g/mol. The van der Waals surface area contributed by atoms with Crippen LogP contribution in [0.3, 0.4) is 0 Å². The van der Waals surface area contributed by atoms with Crippen LogP contribution in [0.1, 0.15) is 5.56 Å². The molecule has 0 saturated heterocycles. The second kappa shape index (κ2) is 5.67. The van der Waals surface area contributed by atoms with Crippen molar-refractivity contribution >= 4 is 23.0 Å². The highest BCUT2D eigenvalue weighted by atomic mass is 35.5. The van der Waals surface area contributed by atoms with E-state index < -0.39 is 4.92 Å². The lowest BCUT2D eigenvalue weighted by molar-refractivity contribution is -0.384. The SMILES string of the molecule is CNc1cc(Cl)cc(CCOC)c1[N+](=O)[O-]. The van der Waals surface area contributed by atoms with Crippen LogP contribution < -0.4 is 5.32 Å². The quantitative estimate of drug-likeness (QED) is 0.638. The van der Waals surface area contributed by atoms with E-state index in [9.17, 15) is 10.1 Å². The van der Waals surface area contributed by atoms with Crippen molar-refractivity contribution in [2.75, 3.05) is 26.1 Å². The number of benzene rings is 1. The lowest BCUT2D eigenvalue weighted by Gasteiger charge is -2.08. The monoisotopic (exact) mass is 244 g/mol. The average Bonchev–Trinajstić information content (AvgIpc) is 2.24. The van der Waals surface area contributed by atoms with E-state index in [1.807, 2.05) is 0 Å². The molecule has 1 aromatic rings. The molecule has 0 aliphatic rings. The Bertz CT molecular complexity index is 396. The number of nitro groups is 1. The first kappa shape index (κ1) is 12.7. The molecule has 0 atom stereocenters. The van der Waals surface area contributed by atoms with E-state index in [1.165, 1.54) is 6.07 Å². The Hall–Kier alpha value is -1.33. The van der Waals surface area contributed by atoms with Gasteiger partial charge in [-0.1, -0.05) is 11.6 Å². The van der Waals surface area contributed by atoms with E-state index in [-0.39, 0.29) is 5.69 Å². The van der Waals surface area contributed by atoms with Gasteiger partial charge in [0.2, 0.25) is 0 Å². The van der Waals surface area contributed by atoms with Crippen LogP contribution in [-0.4, -0.2) is 25.7 Å². The van der Waals surface area contributed by atoms with Crippen LogP contribution in [0.2, 0.25) is 5.02 Å². The Morgan fingerprint density at radius 2 is 2.25 bits per heavy atom. The molecule has 6 heteroatoms. The topological polar surface area (TPSA) is 64.4 Å². The van der Waals surface area contributed by atoms with E-state index >= 15 is 0 Å². The molecule has 0 bridgehead atoms. The highest BCUT2D eigenvalue weighted by Gasteiger charge is 2.19. The average molecular weight is 245 g/mol. The fraction of sp³-hybridized carbons (Fsp3) is 0.400. The molecule has 0 heterocycles. The predicted octanol–water partition coefficient (Wildman–Crippen LogP) is 2.48. The molecule has 0 fully saturated rings. The van der Waals surface area contributed by atoms with E-state index in [2.05, 4.69) is 5.32 Å². The first-order chi connectivity index (χ1) is 7.60. The fourth-order valence-corrected chi connectivity index (χ4v) is 1.71. The maximum Gasteiger partial charge on any atom is 0.295 e. The van der Waals surface area contributed by atoms with Crippen LogP contribution in [-0.2, 0) is 11.2 Å². The Morgan fingerprint density at radius 3 is 2.75 bits per heavy atom. The normalized spacial score (nSPS) is 10.2.